The normalized spacial score (nSPS) is 13.1. The summed E-state index contributed by atoms with van der Waals surface area (Å²) in [6.07, 6.45) is 4.92. The number of aromatic nitrogens is 2. The predicted molar refractivity (Wildman–Crippen MR) is 55.9 cm³/mol. The molecule has 1 atom stereocenters. The molecule has 0 amide bonds. The van der Waals surface area contributed by atoms with Crippen molar-refractivity contribution in [2.75, 3.05) is 6.61 Å². The Balaban J connectivity index is 2.45. The Morgan fingerprint density at radius 3 is 3.07 bits per heavy atom. The van der Waals surface area contributed by atoms with Crippen LogP contribution in [0.5, 0.6) is 0 Å². The molecule has 0 radical (unpaired) electrons. The van der Waals surface area contributed by atoms with Crippen LogP contribution in [0, 0.1) is 0 Å². The van der Waals surface area contributed by atoms with Crippen molar-refractivity contribution in [2.24, 2.45) is 0 Å². The highest BCUT2D eigenvalue weighted by molar-refractivity contribution is 4.92. The molecule has 80 valence electrons. The highest BCUT2D eigenvalue weighted by Gasteiger charge is 2.03. The number of hydrogen-bond donors (Lipinski definition) is 2. The number of nitrogens with zero attached hydrogens (tertiary/aromatic N) is 2. The fourth-order valence-electron chi connectivity index (χ4n) is 1.28. The van der Waals surface area contributed by atoms with E-state index >= 15 is 0 Å². The molecule has 0 aliphatic heterocycles. The monoisotopic (exact) mass is 197 g/mol. The molecule has 0 aliphatic carbocycles. The highest BCUT2D eigenvalue weighted by Crippen LogP contribution is 1.99. The van der Waals surface area contributed by atoms with Crippen LogP contribution in [0.25, 0.3) is 0 Å². The van der Waals surface area contributed by atoms with Gasteiger partial charge in [0.25, 0.3) is 0 Å². The van der Waals surface area contributed by atoms with Crippen molar-refractivity contribution in [3.8, 4) is 0 Å². The quantitative estimate of drug-likeness (QED) is 0.708. The van der Waals surface area contributed by atoms with Gasteiger partial charge in [-0.05, 0) is 13.3 Å². The molecule has 0 bridgehead atoms. The average Bonchev–Trinajstić information content (AvgIpc) is 2.62. The van der Waals surface area contributed by atoms with E-state index in [0.29, 0.717) is 6.54 Å². The van der Waals surface area contributed by atoms with Crippen molar-refractivity contribution >= 4 is 0 Å². The molecule has 1 rings (SSSR count). The number of aliphatic hydroxyl groups excluding tert-OH is 1. The first-order valence-corrected chi connectivity index (χ1v) is 5.12. The summed E-state index contributed by atoms with van der Waals surface area (Å²) < 4.78 is 2.14. The maximum absolute atomic E-state index is 8.85. The van der Waals surface area contributed by atoms with Crippen molar-refractivity contribution in [2.45, 2.75) is 39.4 Å². The number of rotatable bonds is 6. The molecular weight excluding hydrogens is 178 g/mol. The van der Waals surface area contributed by atoms with Crippen LogP contribution >= 0.6 is 0 Å². The van der Waals surface area contributed by atoms with E-state index in [-0.39, 0.29) is 12.6 Å². The second-order valence-corrected chi connectivity index (χ2v) is 3.50. The number of aryl methyl sites for hydroxylation is 1. The molecule has 2 N–H and O–H groups in total. The van der Waals surface area contributed by atoms with Crippen molar-refractivity contribution in [3.05, 3.63) is 18.2 Å². The Kier molecular flexibility index (Phi) is 4.62. The molecule has 0 spiro atoms. The van der Waals surface area contributed by atoms with E-state index in [2.05, 4.69) is 21.8 Å². The zero-order valence-corrected chi connectivity index (χ0v) is 8.90. The van der Waals surface area contributed by atoms with Crippen LogP contribution in [0.2, 0.25) is 0 Å². The second-order valence-electron chi connectivity index (χ2n) is 3.50. The van der Waals surface area contributed by atoms with Crippen molar-refractivity contribution in [1.82, 2.24) is 14.9 Å². The summed E-state index contributed by atoms with van der Waals surface area (Å²) in [6.45, 7) is 5.98. The molecule has 14 heavy (non-hydrogen) atoms. The van der Waals surface area contributed by atoms with Gasteiger partial charge in [-0.25, -0.2) is 4.98 Å². The highest BCUT2D eigenvalue weighted by atomic mass is 16.3. The van der Waals surface area contributed by atoms with Gasteiger partial charge in [0.15, 0.2) is 0 Å². The van der Waals surface area contributed by atoms with Gasteiger partial charge in [0.1, 0.15) is 5.82 Å². The zero-order chi connectivity index (χ0) is 10.4. The second kappa shape index (κ2) is 5.78. The lowest BCUT2D eigenvalue weighted by molar-refractivity contribution is 0.250. The molecule has 0 unspecified atom stereocenters. The van der Waals surface area contributed by atoms with E-state index in [4.69, 9.17) is 5.11 Å². The Labute approximate surface area is 85.0 Å². The first-order valence-electron chi connectivity index (χ1n) is 5.12. The Hall–Kier alpha value is -0.870. The third kappa shape index (κ3) is 3.12. The fourth-order valence-corrected chi connectivity index (χ4v) is 1.28. The number of nitrogens with one attached hydrogen (secondary N) is 1. The summed E-state index contributed by atoms with van der Waals surface area (Å²) in [5, 5.41) is 12.0. The maximum atomic E-state index is 8.85. The van der Waals surface area contributed by atoms with E-state index in [9.17, 15) is 0 Å². The molecule has 4 nitrogen and oxygen atoms in total. The summed E-state index contributed by atoms with van der Waals surface area (Å²) in [5.41, 5.74) is 0. The van der Waals surface area contributed by atoms with Crippen molar-refractivity contribution in [1.29, 1.82) is 0 Å². The van der Waals surface area contributed by atoms with Gasteiger partial charge in [0.2, 0.25) is 0 Å². The van der Waals surface area contributed by atoms with Crippen LogP contribution < -0.4 is 5.32 Å². The van der Waals surface area contributed by atoms with E-state index in [1.54, 1.807) is 0 Å². The van der Waals surface area contributed by atoms with Gasteiger partial charge in [-0.15, -0.1) is 0 Å². The average molecular weight is 197 g/mol. The van der Waals surface area contributed by atoms with Gasteiger partial charge in [-0.2, -0.15) is 0 Å². The van der Waals surface area contributed by atoms with E-state index < -0.39 is 0 Å². The fraction of sp³-hybridized carbons (Fsp3) is 0.700. The van der Waals surface area contributed by atoms with Gasteiger partial charge in [0.05, 0.1) is 13.2 Å². The minimum atomic E-state index is 0.127. The zero-order valence-electron chi connectivity index (χ0n) is 8.90. The first-order chi connectivity index (χ1) is 6.77. The van der Waals surface area contributed by atoms with E-state index in [1.807, 2.05) is 19.3 Å². The van der Waals surface area contributed by atoms with Gasteiger partial charge in [-0.1, -0.05) is 6.92 Å². The molecule has 0 saturated carbocycles. The Bertz CT molecular complexity index is 260. The minimum Gasteiger partial charge on any atom is -0.395 e. The van der Waals surface area contributed by atoms with Crippen LogP contribution in [0.15, 0.2) is 12.4 Å². The number of hydrogen-bond acceptors (Lipinski definition) is 3. The van der Waals surface area contributed by atoms with Gasteiger partial charge in [-0.3, -0.25) is 0 Å². The van der Waals surface area contributed by atoms with Crippen LogP contribution in [0.1, 0.15) is 26.1 Å². The van der Waals surface area contributed by atoms with Crippen molar-refractivity contribution in [3.63, 3.8) is 0 Å². The third-order valence-corrected chi connectivity index (χ3v) is 2.15. The number of imidazole rings is 1. The molecule has 0 aliphatic rings. The van der Waals surface area contributed by atoms with E-state index in [0.717, 1.165) is 18.8 Å². The van der Waals surface area contributed by atoms with Gasteiger partial charge < -0.3 is 15.0 Å². The predicted octanol–water partition coefficient (Wildman–Crippen LogP) is 0.763. The SMILES string of the molecule is CCCn1ccnc1CN[C@H](C)CO. The van der Waals surface area contributed by atoms with E-state index in [1.165, 1.54) is 0 Å². The van der Waals surface area contributed by atoms with Crippen LogP contribution in [0.3, 0.4) is 0 Å². The molecule has 1 aromatic heterocycles. The van der Waals surface area contributed by atoms with Crippen LogP contribution in [-0.2, 0) is 13.1 Å². The first kappa shape index (κ1) is 11.2. The lowest BCUT2D eigenvalue weighted by Crippen LogP contribution is -2.29. The Morgan fingerprint density at radius 2 is 2.43 bits per heavy atom. The standard InChI is InChI=1S/C10H19N3O/c1-3-5-13-6-4-11-10(13)7-12-9(2)8-14/h4,6,9,12,14H,3,5,7-8H2,1-2H3/t9-/m1/s1. The number of aliphatic hydroxyl groups is 1. The van der Waals surface area contributed by atoms with Crippen LogP contribution in [0.4, 0.5) is 0 Å². The molecular formula is C10H19N3O. The molecule has 0 fully saturated rings. The molecule has 0 saturated heterocycles. The maximum Gasteiger partial charge on any atom is 0.122 e. The Morgan fingerprint density at radius 1 is 1.64 bits per heavy atom. The summed E-state index contributed by atoms with van der Waals surface area (Å²) in [7, 11) is 0. The van der Waals surface area contributed by atoms with Gasteiger partial charge in [0, 0.05) is 25.0 Å². The topological polar surface area (TPSA) is 50.1 Å². The third-order valence-electron chi connectivity index (χ3n) is 2.15. The largest absolute Gasteiger partial charge is 0.395 e. The van der Waals surface area contributed by atoms with Crippen molar-refractivity contribution < 1.29 is 5.11 Å². The summed E-state index contributed by atoms with van der Waals surface area (Å²) in [4.78, 5) is 4.26. The molecule has 1 heterocycles. The lowest BCUT2D eigenvalue weighted by Gasteiger charge is -2.11. The summed E-state index contributed by atoms with van der Waals surface area (Å²) >= 11 is 0. The molecule has 0 aromatic carbocycles. The summed E-state index contributed by atoms with van der Waals surface area (Å²) in [5.74, 6) is 1.03. The minimum absolute atomic E-state index is 0.127. The van der Waals surface area contributed by atoms with Gasteiger partial charge >= 0.3 is 0 Å². The van der Waals surface area contributed by atoms with Crippen LogP contribution in [-0.4, -0.2) is 27.3 Å². The molecule has 4 heteroatoms. The molecule has 1 aromatic rings. The smallest absolute Gasteiger partial charge is 0.122 e. The summed E-state index contributed by atoms with van der Waals surface area (Å²) in [6, 6.07) is 0.127. The lowest BCUT2D eigenvalue weighted by atomic mass is 10.3.